The van der Waals surface area contributed by atoms with Gasteiger partial charge >= 0.3 is 18.2 Å². The Kier molecular flexibility index (Phi) is 28.7. The number of hydrogen-bond acceptors (Lipinski definition) is 1. The molecule has 19 heavy (non-hydrogen) atoms. The lowest BCUT2D eigenvalue weighted by Gasteiger charge is -2.01. The van der Waals surface area contributed by atoms with Gasteiger partial charge in [-0.05, 0) is 13.8 Å². The third-order valence-electron chi connectivity index (χ3n) is 3.15. The molecule has 0 saturated heterocycles. The van der Waals surface area contributed by atoms with Crippen molar-refractivity contribution in [2.45, 2.75) is 89.5 Å². The average molecular weight is 348 g/mol. The Balaban J connectivity index is 0. The summed E-state index contributed by atoms with van der Waals surface area (Å²) in [6.07, 6.45) is 14.6. The SMILES string of the molecule is CCCCCCCCCCC[CH2][Mg][Br].CCOCC. The zero-order valence-corrected chi connectivity index (χ0v) is 16.7. The molecule has 0 unspecified atom stereocenters. The van der Waals surface area contributed by atoms with Crippen LogP contribution in [0.2, 0.25) is 4.55 Å². The Morgan fingerprint density at radius 2 is 1.11 bits per heavy atom. The molecule has 0 fully saturated rings. The quantitative estimate of drug-likeness (QED) is 0.277. The number of ether oxygens (including phenoxy) is 1. The second-order valence-electron chi connectivity index (χ2n) is 5.01. The summed E-state index contributed by atoms with van der Waals surface area (Å²) < 4.78 is 6.33. The number of rotatable bonds is 13. The van der Waals surface area contributed by atoms with Crippen LogP contribution in [-0.4, -0.2) is 31.4 Å². The maximum atomic E-state index is 4.83. The molecular formula is C16H35BrMgO. The van der Waals surface area contributed by atoms with E-state index in [0.717, 1.165) is 13.2 Å². The molecule has 0 rings (SSSR count). The molecule has 1 nitrogen and oxygen atoms in total. The van der Waals surface area contributed by atoms with Gasteiger partial charge in [0.05, 0.1) is 0 Å². The molecule has 0 radical (unpaired) electrons. The van der Waals surface area contributed by atoms with Crippen LogP contribution in [0.25, 0.3) is 0 Å². The zero-order valence-electron chi connectivity index (χ0n) is 13.7. The van der Waals surface area contributed by atoms with Crippen LogP contribution in [0.15, 0.2) is 0 Å². The number of unbranched alkanes of at least 4 members (excludes halogenated alkanes) is 9. The lowest BCUT2D eigenvalue weighted by molar-refractivity contribution is 0.162. The fraction of sp³-hybridized carbons (Fsp3) is 1.00. The Morgan fingerprint density at radius 3 is 1.42 bits per heavy atom. The van der Waals surface area contributed by atoms with Crippen LogP contribution >= 0.6 is 12.9 Å². The molecule has 114 valence electrons. The van der Waals surface area contributed by atoms with Crippen molar-refractivity contribution in [3.8, 4) is 0 Å². The number of hydrogen-bond donors (Lipinski definition) is 0. The molecule has 0 atom stereocenters. The zero-order chi connectivity index (χ0) is 14.6. The highest BCUT2D eigenvalue weighted by atomic mass is 79.9. The molecule has 0 aromatic carbocycles. The molecule has 0 bridgehead atoms. The van der Waals surface area contributed by atoms with Crippen LogP contribution in [0.5, 0.6) is 0 Å². The summed E-state index contributed by atoms with van der Waals surface area (Å²) in [7, 11) is 0. The van der Waals surface area contributed by atoms with E-state index in [4.69, 9.17) is 4.74 Å². The maximum Gasteiger partial charge on any atom is 0.468 e. The second kappa shape index (κ2) is 24.2. The molecule has 0 aromatic heterocycles. The van der Waals surface area contributed by atoms with E-state index >= 15 is 0 Å². The predicted octanol–water partition coefficient (Wildman–Crippen LogP) is 6.38. The summed E-state index contributed by atoms with van der Waals surface area (Å²) in [5, 5.41) is 0. The van der Waals surface area contributed by atoms with Crippen molar-refractivity contribution >= 4 is 31.1 Å². The molecule has 3 heteroatoms. The maximum absolute atomic E-state index is 4.83. The lowest BCUT2D eigenvalue weighted by Crippen LogP contribution is -1.84. The van der Waals surface area contributed by atoms with Gasteiger partial charge in [-0.1, -0.05) is 71.1 Å². The first kappa shape index (κ1) is 22.5. The van der Waals surface area contributed by atoms with E-state index in [1.807, 2.05) is 13.8 Å². The van der Waals surface area contributed by atoms with E-state index in [1.54, 1.807) is 0 Å². The van der Waals surface area contributed by atoms with Crippen molar-refractivity contribution in [2.24, 2.45) is 0 Å². The molecule has 0 saturated carbocycles. The molecule has 0 heterocycles. The van der Waals surface area contributed by atoms with E-state index in [0.29, 0.717) is 0 Å². The van der Waals surface area contributed by atoms with Gasteiger partial charge in [0.2, 0.25) is 0 Å². The van der Waals surface area contributed by atoms with Crippen molar-refractivity contribution in [2.75, 3.05) is 13.2 Å². The van der Waals surface area contributed by atoms with Crippen LogP contribution in [-0.2, 0) is 4.74 Å². The van der Waals surface area contributed by atoms with Gasteiger partial charge in [0.25, 0.3) is 0 Å². The summed E-state index contributed by atoms with van der Waals surface area (Å²) in [4.78, 5) is 0. The van der Waals surface area contributed by atoms with Gasteiger partial charge in [-0.25, -0.2) is 0 Å². The summed E-state index contributed by atoms with van der Waals surface area (Å²) in [5.74, 6) is 0. The van der Waals surface area contributed by atoms with E-state index in [9.17, 15) is 0 Å². The molecular weight excluding hydrogens is 312 g/mol. The molecule has 0 aliphatic rings. The van der Waals surface area contributed by atoms with Crippen molar-refractivity contribution in [3.05, 3.63) is 0 Å². The van der Waals surface area contributed by atoms with Crippen LogP contribution < -0.4 is 0 Å². The highest BCUT2D eigenvalue weighted by Gasteiger charge is 1.93. The molecule has 0 amide bonds. The normalized spacial score (nSPS) is 9.68. The fourth-order valence-electron chi connectivity index (χ4n) is 1.96. The van der Waals surface area contributed by atoms with Gasteiger partial charge in [0.1, 0.15) is 0 Å². The molecule has 0 aromatic rings. The van der Waals surface area contributed by atoms with Crippen molar-refractivity contribution < 1.29 is 4.74 Å². The Morgan fingerprint density at radius 1 is 0.684 bits per heavy atom. The lowest BCUT2D eigenvalue weighted by atomic mass is 10.1. The van der Waals surface area contributed by atoms with Crippen LogP contribution in [0.4, 0.5) is 0 Å². The van der Waals surface area contributed by atoms with E-state index < -0.39 is 0 Å². The predicted molar refractivity (Wildman–Crippen MR) is 93.5 cm³/mol. The van der Waals surface area contributed by atoms with Gasteiger partial charge in [-0.2, -0.15) is 0 Å². The van der Waals surface area contributed by atoms with Gasteiger partial charge in [0, 0.05) is 13.2 Å². The molecule has 0 spiro atoms. The largest absolute Gasteiger partial charge is 0.468 e. The second-order valence-corrected chi connectivity index (χ2v) is 8.47. The number of halogens is 1. The summed E-state index contributed by atoms with van der Waals surface area (Å²) in [6, 6.07) is 0. The highest BCUT2D eigenvalue weighted by molar-refractivity contribution is 9.23. The Hall–Kier alpha value is 1.21. The summed E-state index contributed by atoms with van der Waals surface area (Å²) >= 11 is 3.78. The average Bonchev–Trinajstić information content (AvgIpc) is 2.43. The molecule has 0 aliphatic heterocycles. The van der Waals surface area contributed by atoms with Gasteiger partial charge in [0.15, 0.2) is 0 Å². The van der Waals surface area contributed by atoms with E-state index in [-0.39, 0.29) is 18.2 Å². The third kappa shape index (κ3) is 28.2. The first-order valence-corrected chi connectivity index (χ1v) is 13.4. The van der Waals surface area contributed by atoms with Crippen molar-refractivity contribution in [1.29, 1.82) is 0 Å². The van der Waals surface area contributed by atoms with Crippen LogP contribution in [0, 0.1) is 0 Å². The standard InChI is InChI=1S/C12H25.C4H10O.BrH.Mg/c1-3-5-7-9-11-12-10-8-6-4-2;1-3-5-4-2;;/h1,3-12H2,2H3;3-4H2,1-2H3;1H;/q;;;+1/p-1. The van der Waals surface area contributed by atoms with Gasteiger partial charge in [-0.15, -0.1) is 4.55 Å². The van der Waals surface area contributed by atoms with Crippen molar-refractivity contribution in [3.63, 3.8) is 0 Å². The minimum Gasteiger partial charge on any atom is -0.382 e. The third-order valence-corrected chi connectivity index (χ3v) is 5.59. The van der Waals surface area contributed by atoms with Crippen molar-refractivity contribution in [1.82, 2.24) is 0 Å². The van der Waals surface area contributed by atoms with Gasteiger partial charge in [-0.3, -0.25) is 0 Å². The van der Waals surface area contributed by atoms with E-state index in [2.05, 4.69) is 19.8 Å². The fourth-order valence-corrected chi connectivity index (χ4v) is 3.69. The van der Waals surface area contributed by atoms with Crippen LogP contribution in [0.3, 0.4) is 0 Å². The van der Waals surface area contributed by atoms with Crippen LogP contribution in [0.1, 0.15) is 85.0 Å². The first-order valence-electron chi connectivity index (χ1n) is 8.47. The Labute approximate surface area is 138 Å². The Bertz CT molecular complexity index is 120. The smallest absolute Gasteiger partial charge is 0.382 e. The highest BCUT2D eigenvalue weighted by Crippen LogP contribution is 2.11. The topological polar surface area (TPSA) is 9.23 Å². The molecule has 0 aliphatic carbocycles. The van der Waals surface area contributed by atoms with Gasteiger partial charge < -0.3 is 17.6 Å². The first-order chi connectivity index (χ1) is 9.33. The van der Waals surface area contributed by atoms with E-state index in [1.165, 1.54) is 68.8 Å². The summed E-state index contributed by atoms with van der Waals surface area (Å²) in [6.45, 7) is 7.95. The monoisotopic (exact) mass is 346 g/mol. The summed E-state index contributed by atoms with van der Waals surface area (Å²) in [5.41, 5.74) is 0. The minimum absolute atomic E-state index is 0.173. The molecule has 0 N–H and O–H groups in total. The minimum atomic E-state index is 0.173.